The Morgan fingerprint density at radius 1 is 1.62 bits per heavy atom. The molecule has 0 saturated carbocycles. The predicted octanol–water partition coefficient (Wildman–Crippen LogP) is 1.19. The molecular formula is C10H14N2O. The molecule has 0 fully saturated rings. The molecule has 70 valence electrons. The van der Waals surface area contributed by atoms with Crippen molar-refractivity contribution < 1.29 is 5.11 Å². The van der Waals surface area contributed by atoms with E-state index < -0.39 is 0 Å². The van der Waals surface area contributed by atoms with Gasteiger partial charge in [0.25, 0.3) is 0 Å². The molecule has 13 heavy (non-hydrogen) atoms. The average molecular weight is 178 g/mol. The van der Waals surface area contributed by atoms with E-state index in [9.17, 15) is 0 Å². The van der Waals surface area contributed by atoms with Crippen molar-refractivity contribution in [1.82, 2.24) is 4.98 Å². The normalized spacial score (nSPS) is 19.6. The van der Waals surface area contributed by atoms with E-state index in [4.69, 9.17) is 5.11 Å². The lowest BCUT2D eigenvalue weighted by Gasteiger charge is -2.08. The number of nitrogens with one attached hydrogen (secondary N) is 1. The second-order valence-electron chi connectivity index (χ2n) is 3.42. The van der Waals surface area contributed by atoms with Crippen molar-refractivity contribution in [2.75, 3.05) is 11.9 Å². The number of hydrogen-bond acceptors (Lipinski definition) is 3. The van der Waals surface area contributed by atoms with Crippen molar-refractivity contribution in [3.8, 4) is 0 Å². The Morgan fingerprint density at radius 2 is 2.54 bits per heavy atom. The highest BCUT2D eigenvalue weighted by atomic mass is 16.2. The Morgan fingerprint density at radius 3 is 3.31 bits per heavy atom. The van der Waals surface area contributed by atoms with Crippen molar-refractivity contribution in [3.63, 3.8) is 0 Å². The van der Waals surface area contributed by atoms with Crippen LogP contribution < -0.4 is 5.32 Å². The first-order valence-corrected chi connectivity index (χ1v) is 4.71. The molecule has 1 aromatic heterocycles. The summed E-state index contributed by atoms with van der Waals surface area (Å²) in [6, 6.07) is 4.54. The second kappa shape index (κ2) is 3.75. The summed E-state index contributed by atoms with van der Waals surface area (Å²) in [7, 11) is 0. The first-order chi connectivity index (χ1) is 6.40. The van der Waals surface area contributed by atoms with E-state index >= 15 is 0 Å². The number of aromatic nitrogens is 1. The van der Waals surface area contributed by atoms with Gasteiger partial charge in [0, 0.05) is 18.8 Å². The van der Waals surface area contributed by atoms with Gasteiger partial charge in [0.1, 0.15) is 5.82 Å². The van der Waals surface area contributed by atoms with Gasteiger partial charge in [-0.25, -0.2) is 4.98 Å². The van der Waals surface area contributed by atoms with Crippen LogP contribution in [0.5, 0.6) is 0 Å². The maximum atomic E-state index is 8.70. The molecule has 3 heteroatoms. The Kier molecular flexibility index (Phi) is 2.45. The van der Waals surface area contributed by atoms with Gasteiger partial charge < -0.3 is 10.4 Å². The summed E-state index contributed by atoms with van der Waals surface area (Å²) in [6.45, 7) is 0.280. The number of hydrogen-bond donors (Lipinski definition) is 2. The molecule has 0 aromatic carbocycles. The third-order valence-corrected chi connectivity index (χ3v) is 2.41. The lowest BCUT2D eigenvalue weighted by Crippen LogP contribution is -2.15. The second-order valence-corrected chi connectivity index (χ2v) is 3.42. The van der Waals surface area contributed by atoms with Crippen LogP contribution in [0.25, 0.3) is 0 Å². The van der Waals surface area contributed by atoms with Gasteiger partial charge in [-0.2, -0.15) is 0 Å². The number of pyridine rings is 1. The molecular weight excluding hydrogens is 164 g/mol. The Labute approximate surface area is 77.8 Å². The predicted molar refractivity (Wildman–Crippen MR) is 51.7 cm³/mol. The monoisotopic (exact) mass is 178 g/mol. The molecule has 1 unspecified atom stereocenters. The van der Waals surface area contributed by atoms with Gasteiger partial charge in [0.15, 0.2) is 0 Å². The van der Waals surface area contributed by atoms with Crippen LogP contribution in [-0.4, -0.2) is 22.7 Å². The van der Waals surface area contributed by atoms with Gasteiger partial charge >= 0.3 is 0 Å². The van der Waals surface area contributed by atoms with E-state index in [1.807, 2.05) is 6.07 Å². The zero-order valence-corrected chi connectivity index (χ0v) is 7.53. The van der Waals surface area contributed by atoms with Gasteiger partial charge in [0.2, 0.25) is 0 Å². The highest BCUT2D eigenvalue weighted by molar-refractivity contribution is 5.50. The molecule has 1 atom stereocenters. The fourth-order valence-electron chi connectivity index (χ4n) is 1.76. The van der Waals surface area contributed by atoms with E-state index in [0.29, 0.717) is 6.04 Å². The minimum Gasteiger partial charge on any atom is -0.396 e. The largest absolute Gasteiger partial charge is 0.396 e. The van der Waals surface area contributed by atoms with Crippen LogP contribution in [0.4, 0.5) is 5.82 Å². The lowest BCUT2D eigenvalue weighted by atomic mass is 10.1. The van der Waals surface area contributed by atoms with Crippen LogP contribution in [0.2, 0.25) is 0 Å². The van der Waals surface area contributed by atoms with E-state index in [0.717, 1.165) is 25.1 Å². The lowest BCUT2D eigenvalue weighted by molar-refractivity contribution is 0.281. The van der Waals surface area contributed by atoms with E-state index in [-0.39, 0.29) is 6.61 Å². The zero-order chi connectivity index (χ0) is 9.10. The van der Waals surface area contributed by atoms with Crippen LogP contribution in [0.3, 0.4) is 0 Å². The quantitative estimate of drug-likeness (QED) is 0.730. The van der Waals surface area contributed by atoms with Crippen LogP contribution in [-0.2, 0) is 6.42 Å². The molecule has 1 aliphatic heterocycles. The molecule has 0 saturated heterocycles. The van der Waals surface area contributed by atoms with Crippen LogP contribution in [0.1, 0.15) is 18.4 Å². The van der Waals surface area contributed by atoms with Crippen molar-refractivity contribution in [1.29, 1.82) is 0 Å². The Bertz CT molecular complexity index is 263. The van der Waals surface area contributed by atoms with Crippen molar-refractivity contribution in [2.24, 2.45) is 0 Å². The topological polar surface area (TPSA) is 45.2 Å². The standard InChI is InChI=1S/C10H14N2O/c13-6-2-4-9-7-8-3-1-5-11-10(8)12-9/h1,3,5,9,13H,2,4,6-7H2,(H,11,12). The number of aliphatic hydroxyl groups is 1. The number of nitrogens with zero attached hydrogens (tertiary/aromatic N) is 1. The summed E-state index contributed by atoms with van der Waals surface area (Å²) >= 11 is 0. The van der Waals surface area contributed by atoms with Gasteiger partial charge in [-0.1, -0.05) is 6.07 Å². The molecule has 2 rings (SSSR count). The summed E-state index contributed by atoms with van der Waals surface area (Å²) in [5.74, 6) is 1.02. The molecule has 0 aliphatic carbocycles. The highest BCUT2D eigenvalue weighted by Crippen LogP contribution is 2.24. The summed E-state index contributed by atoms with van der Waals surface area (Å²) in [5.41, 5.74) is 1.30. The minimum atomic E-state index is 0.280. The molecule has 0 radical (unpaired) electrons. The van der Waals surface area contributed by atoms with Gasteiger partial charge in [-0.3, -0.25) is 0 Å². The van der Waals surface area contributed by atoms with Crippen molar-refractivity contribution in [3.05, 3.63) is 23.9 Å². The van der Waals surface area contributed by atoms with E-state index in [1.54, 1.807) is 6.20 Å². The Hall–Kier alpha value is -1.09. The molecule has 1 aliphatic rings. The smallest absolute Gasteiger partial charge is 0.129 e. The van der Waals surface area contributed by atoms with Crippen molar-refractivity contribution >= 4 is 5.82 Å². The van der Waals surface area contributed by atoms with E-state index in [2.05, 4.69) is 16.4 Å². The molecule has 2 heterocycles. The van der Waals surface area contributed by atoms with Crippen LogP contribution >= 0.6 is 0 Å². The SMILES string of the molecule is OCCCC1Cc2cccnc2N1. The fraction of sp³-hybridized carbons (Fsp3) is 0.500. The third kappa shape index (κ3) is 1.80. The molecule has 0 spiro atoms. The maximum Gasteiger partial charge on any atom is 0.129 e. The Balaban J connectivity index is 1.97. The van der Waals surface area contributed by atoms with Crippen LogP contribution in [0, 0.1) is 0 Å². The number of rotatable bonds is 3. The van der Waals surface area contributed by atoms with Crippen molar-refractivity contribution in [2.45, 2.75) is 25.3 Å². The molecule has 3 nitrogen and oxygen atoms in total. The summed E-state index contributed by atoms with van der Waals surface area (Å²) in [6.07, 6.45) is 4.74. The third-order valence-electron chi connectivity index (χ3n) is 2.41. The number of aliphatic hydroxyl groups excluding tert-OH is 1. The number of fused-ring (bicyclic) bond motifs is 1. The minimum absolute atomic E-state index is 0.280. The van der Waals surface area contributed by atoms with Gasteiger partial charge in [-0.15, -0.1) is 0 Å². The molecule has 2 N–H and O–H groups in total. The summed E-state index contributed by atoms with van der Waals surface area (Å²) < 4.78 is 0. The molecule has 0 bridgehead atoms. The average Bonchev–Trinajstić information content (AvgIpc) is 2.57. The number of anilines is 1. The molecule has 0 amide bonds. The highest BCUT2D eigenvalue weighted by Gasteiger charge is 2.19. The summed E-state index contributed by atoms with van der Waals surface area (Å²) in [4.78, 5) is 4.24. The first kappa shape index (κ1) is 8.51. The fourth-order valence-corrected chi connectivity index (χ4v) is 1.76. The molecule has 1 aromatic rings. The summed E-state index contributed by atoms with van der Waals surface area (Å²) in [5, 5.41) is 12.0. The van der Waals surface area contributed by atoms with E-state index in [1.165, 1.54) is 5.56 Å². The van der Waals surface area contributed by atoms with Gasteiger partial charge in [-0.05, 0) is 30.9 Å². The van der Waals surface area contributed by atoms with Crippen LogP contribution in [0.15, 0.2) is 18.3 Å². The van der Waals surface area contributed by atoms with Gasteiger partial charge in [0.05, 0.1) is 0 Å². The first-order valence-electron chi connectivity index (χ1n) is 4.71. The zero-order valence-electron chi connectivity index (χ0n) is 7.53. The maximum absolute atomic E-state index is 8.70.